The van der Waals surface area contributed by atoms with Crippen molar-refractivity contribution in [3.63, 3.8) is 0 Å². The molecule has 102 valence electrons. The van der Waals surface area contributed by atoms with Gasteiger partial charge in [0.1, 0.15) is 5.75 Å². The highest BCUT2D eigenvalue weighted by Gasteiger charge is 2.14. The van der Waals surface area contributed by atoms with Gasteiger partial charge in [0.25, 0.3) is 0 Å². The minimum absolute atomic E-state index is 0.165. The molecule has 2 N–H and O–H groups in total. The van der Waals surface area contributed by atoms with E-state index in [0.29, 0.717) is 12.0 Å². The molecule has 3 heteroatoms. The summed E-state index contributed by atoms with van der Waals surface area (Å²) >= 11 is 0. The smallest absolute Gasteiger partial charge is 0.118 e. The molecular weight excluding hydrogens is 226 g/mol. The molecule has 1 rings (SSSR count). The second kappa shape index (κ2) is 7.39. The van der Waals surface area contributed by atoms with E-state index in [0.717, 1.165) is 12.2 Å². The Balaban J connectivity index is 2.50. The van der Waals surface area contributed by atoms with E-state index in [1.807, 2.05) is 12.1 Å². The summed E-state index contributed by atoms with van der Waals surface area (Å²) in [5.41, 5.74) is 1.27. The minimum Gasteiger partial charge on any atom is -0.497 e. The largest absolute Gasteiger partial charge is 0.497 e. The predicted molar refractivity (Wildman–Crippen MR) is 75.0 cm³/mol. The standard InChI is InChI=1S/C15H25NO2/c1-11(2)15(10-17)16-12(3)9-13-5-7-14(18-4)8-6-13/h5-8,11-12,15-17H,9-10H2,1-4H3/t12?,15-/m1/s1. The Bertz CT molecular complexity index is 335. The molecule has 0 aliphatic heterocycles. The first-order valence-corrected chi connectivity index (χ1v) is 6.56. The first kappa shape index (κ1) is 15.0. The Morgan fingerprint density at radius 3 is 2.22 bits per heavy atom. The van der Waals surface area contributed by atoms with Crippen molar-refractivity contribution >= 4 is 0 Å². The summed E-state index contributed by atoms with van der Waals surface area (Å²) in [6.45, 7) is 6.57. The van der Waals surface area contributed by atoms with Crippen LogP contribution in [0.1, 0.15) is 26.3 Å². The van der Waals surface area contributed by atoms with Crippen LogP contribution in [0, 0.1) is 5.92 Å². The molecule has 0 radical (unpaired) electrons. The lowest BCUT2D eigenvalue weighted by Gasteiger charge is -2.24. The zero-order chi connectivity index (χ0) is 13.5. The Hall–Kier alpha value is -1.06. The van der Waals surface area contributed by atoms with Crippen LogP contribution in [-0.4, -0.2) is 30.9 Å². The van der Waals surface area contributed by atoms with Crippen LogP contribution in [0.15, 0.2) is 24.3 Å². The van der Waals surface area contributed by atoms with Gasteiger partial charge in [0.2, 0.25) is 0 Å². The highest BCUT2D eigenvalue weighted by molar-refractivity contribution is 5.27. The van der Waals surface area contributed by atoms with Crippen LogP contribution in [0.4, 0.5) is 0 Å². The van der Waals surface area contributed by atoms with Gasteiger partial charge in [-0.25, -0.2) is 0 Å². The molecule has 3 nitrogen and oxygen atoms in total. The molecule has 0 saturated carbocycles. The highest BCUT2D eigenvalue weighted by atomic mass is 16.5. The van der Waals surface area contributed by atoms with Crippen molar-refractivity contribution < 1.29 is 9.84 Å². The quantitative estimate of drug-likeness (QED) is 0.781. The maximum absolute atomic E-state index is 9.30. The monoisotopic (exact) mass is 251 g/mol. The lowest BCUT2D eigenvalue weighted by Crippen LogP contribution is -2.43. The number of nitrogens with one attached hydrogen (secondary N) is 1. The molecular formula is C15H25NO2. The number of benzene rings is 1. The number of rotatable bonds is 7. The van der Waals surface area contributed by atoms with Gasteiger partial charge in [0.15, 0.2) is 0 Å². The zero-order valence-corrected chi connectivity index (χ0v) is 11.8. The van der Waals surface area contributed by atoms with E-state index in [9.17, 15) is 5.11 Å². The molecule has 0 spiro atoms. The second-order valence-electron chi connectivity index (χ2n) is 5.15. The molecule has 1 unspecified atom stereocenters. The van der Waals surface area contributed by atoms with E-state index in [1.165, 1.54) is 5.56 Å². The van der Waals surface area contributed by atoms with Gasteiger partial charge in [-0.3, -0.25) is 0 Å². The van der Waals surface area contributed by atoms with Crippen LogP contribution in [-0.2, 0) is 6.42 Å². The average molecular weight is 251 g/mol. The summed E-state index contributed by atoms with van der Waals surface area (Å²) in [7, 11) is 1.67. The molecule has 0 fully saturated rings. The highest BCUT2D eigenvalue weighted by Crippen LogP contribution is 2.13. The molecule has 0 heterocycles. The fourth-order valence-corrected chi connectivity index (χ4v) is 2.00. The summed E-state index contributed by atoms with van der Waals surface area (Å²) in [5.74, 6) is 1.32. The molecule has 1 aromatic rings. The van der Waals surface area contributed by atoms with Crippen LogP contribution >= 0.6 is 0 Å². The van der Waals surface area contributed by atoms with Crippen molar-refractivity contribution in [1.29, 1.82) is 0 Å². The second-order valence-corrected chi connectivity index (χ2v) is 5.15. The normalized spacial score (nSPS) is 14.6. The van der Waals surface area contributed by atoms with Gasteiger partial charge in [-0.15, -0.1) is 0 Å². The van der Waals surface area contributed by atoms with Gasteiger partial charge in [-0.2, -0.15) is 0 Å². The van der Waals surface area contributed by atoms with Crippen molar-refractivity contribution in [3.05, 3.63) is 29.8 Å². The summed E-state index contributed by atoms with van der Waals surface area (Å²) in [5, 5.41) is 12.8. The van der Waals surface area contributed by atoms with Gasteiger partial charge in [0, 0.05) is 12.1 Å². The third-order valence-electron chi connectivity index (χ3n) is 3.20. The maximum Gasteiger partial charge on any atom is 0.118 e. The molecule has 2 atom stereocenters. The number of aliphatic hydroxyl groups is 1. The minimum atomic E-state index is 0.165. The van der Waals surface area contributed by atoms with Gasteiger partial charge in [0.05, 0.1) is 13.7 Å². The number of hydrogen-bond acceptors (Lipinski definition) is 3. The fraction of sp³-hybridized carbons (Fsp3) is 0.600. The zero-order valence-electron chi connectivity index (χ0n) is 11.8. The Morgan fingerprint density at radius 1 is 1.17 bits per heavy atom. The van der Waals surface area contributed by atoms with Gasteiger partial charge in [-0.1, -0.05) is 26.0 Å². The van der Waals surface area contributed by atoms with E-state index in [-0.39, 0.29) is 12.6 Å². The van der Waals surface area contributed by atoms with E-state index in [4.69, 9.17) is 4.74 Å². The SMILES string of the molecule is COc1ccc(CC(C)N[C@H](CO)C(C)C)cc1. The lowest BCUT2D eigenvalue weighted by molar-refractivity contribution is 0.201. The summed E-state index contributed by atoms with van der Waals surface area (Å²) in [4.78, 5) is 0. The van der Waals surface area contributed by atoms with Crippen molar-refractivity contribution in [2.24, 2.45) is 5.92 Å². The van der Waals surface area contributed by atoms with Crippen molar-refractivity contribution in [3.8, 4) is 5.75 Å². The topological polar surface area (TPSA) is 41.5 Å². The van der Waals surface area contributed by atoms with E-state index < -0.39 is 0 Å². The van der Waals surface area contributed by atoms with Crippen LogP contribution < -0.4 is 10.1 Å². The van der Waals surface area contributed by atoms with Gasteiger partial charge < -0.3 is 15.2 Å². The Kier molecular flexibility index (Phi) is 6.16. The molecule has 0 bridgehead atoms. The first-order valence-electron chi connectivity index (χ1n) is 6.56. The summed E-state index contributed by atoms with van der Waals surface area (Å²) in [6, 6.07) is 8.64. The van der Waals surface area contributed by atoms with Crippen molar-refractivity contribution in [2.75, 3.05) is 13.7 Å². The molecule has 1 aromatic carbocycles. The van der Waals surface area contributed by atoms with Crippen LogP contribution in [0.3, 0.4) is 0 Å². The number of methoxy groups -OCH3 is 1. The molecule has 0 aromatic heterocycles. The fourth-order valence-electron chi connectivity index (χ4n) is 2.00. The first-order chi connectivity index (χ1) is 8.56. The summed E-state index contributed by atoms with van der Waals surface area (Å²) in [6.07, 6.45) is 0.952. The van der Waals surface area contributed by atoms with Gasteiger partial charge >= 0.3 is 0 Å². The van der Waals surface area contributed by atoms with Crippen LogP contribution in [0.2, 0.25) is 0 Å². The summed E-state index contributed by atoms with van der Waals surface area (Å²) < 4.78 is 5.14. The maximum atomic E-state index is 9.30. The third-order valence-corrected chi connectivity index (χ3v) is 3.20. The molecule has 0 aliphatic rings. The number of ether oxygens (including phenoxy) is 1. The average Bonchev–Trinajstić information content (AvgIpc) is 2.36. The Morgan fingerprint density at radius 2 is 1.78 bits per heavy atom. The third kappa shape index (κ3) is 4.67. The molecule has 0 saturated heterocycles. The molecule has 0 amide bonds. The number of aliphatic hydroxyl groups excluding tert-OH is 1. The van der Waals surface area contributed by atoms with Crippen LogP contribution in [0.25, 0.3) is 0 Å². The lowest BCUT2D eigenvalue weighted by atomic mass is 10.0. The van der Waals surface area contributed by atoms with Crippen LogP contribution in [0.5, 0.6) is 5.75 Å². The molecule has 0 aliphatic carbocycles. The van der Waals surface area contributed by atoms with E-state index in [2.05, 4.69) is 38.2 Å². The van der Waals surface area contributed by atoms with Crippen molar-refractivity contribution in [1.82, 2.24) is 5.32 Å². The van der Waals surface area contributed by atoms with Gasteiger partial charge in [-0.05, 0) is 37.0 Å². The predicted octanol–water partition coefficient (Wildman–Crippen LogP) is 2.23. The van der Waals surface area contributed by atoms with E-state index >= 15 is 0 Å². The Labute approximate surface area is 110 Å². The van der Waals surface area contributed by atoms with E-state index in [1.54, 1.807) is 7.11 Å². The van der Waals surface area contributed by atoms with Crippen molar-refractivity contribution in [2.45, 2.75) is 39.3 Å². The molecule has 18 heavy (non-hydrogen) atoms. The number of hydrogen-bond donors (Lipinski definition) is 2.